The average Bonchev–Trinajstić information content (AvgIpc) is 2.34. The highest BCUT2D eigenvalue weighted by atomic mass is 16.5. The summed E-state index contributed by atoms with van der Waals surface area (Å²) >= 11 is 0. The minimum atomic E-state index is 0.272. The summed E-state index contributed by atoms with van der Waals surface area (Å²) in [5, 5.41) is 0. The average molecular weight is 233 g/mol. The Bertz CT molecular complexity index is 342. The zero-order valence-electron chi connectivity index (χ0n) is 10.9. The number of hydrogen-bond acceptors (Lipinski definition) is 2. The van der Waals surface area contributed by atoms with Crippen LogP contribution in [0.15, 0.2) is 36.4 Å². The number of methoxy groups -OCH3 is 1. The number of benzene rings is 1. The highest BCUT2D eigenvalue weighted by Crippen LogP contribution is 2.14. The molecule has 0 amide bonds. The van der Waals surface area contributed by atoms with Crippen molar-refractivity contribution in [3.63, 3.8) is 0 Å². The molecule has 1 aromatic carbocycles. The van der Waals surface area contributed by atoms with Gasteiger partial charge in [0.1, 0.15) is 5.75 Å². The van der Waals surface area contributed by atoms with Crippen molar-refractivity contribution in [2.24, 2.45) is 5.73 Å². The molecular weight excluding hydrogens is 210 g/mol. The topological polar surface area (TPSA) is 35.2 Å². The van der Waals surface area contributed by atoms with Crippen LogP contribution in [0.4, 0.5) is 0 Å². The predicted octanol–water partition coefficient (Wildman–Crippen LogP) is 3.31. The standard InChI is InChI=1S/C15H23NO/c1-12(2)4-8-14(16)9-5-13-6-10-15(17-3)11-7-13/h6-7,10-11,14H,1,4-5,8-9,16H2,2-3H3. The van der Waals surface area contributed by atoms with Gasteiger partial charge in [0.2, 0.25) is 0 Å². The van der Waals surface area contributed by atoms with Gasteiger partial charge in [-0.1, -0.05) is 17.7 Å². The monoisotopic (exact) mass is 233 g/mol. The molecule has 0 saturated heterocycles. The van der Waals surface area contributed by atoms with Crippen LogP contribution in [0.25, 0.3) is 0 Å². The van der Waals surface area contributed by atoms with Crippen molar-refractivity contribution >= 4 is 0 Å². The number of nitrogens with two attached hydrogens (primary N) is 1. The van der Waals surface area contributed by atoms with Crippen molar-refractivity contribution in [1.82, 2.24) is 0 Å². The molecular formula is C15H23NO. The number of hydrogen-bond donors (Lipinski definition) is 1. The van der Waals surface area contributed by atoms with Gasteiger partial charge in [-0.15, -0.1) is 6.58 Å². The highest BCUT2D eigenvalue weighted by molar-refractivity contribution is 5.27. The van der Waals surface area contributed by atoms with Crippen molar-refractivity contribution in [2.45, 2.75) is 38.6 Å². The number of allylic oxidation sites excluding steroid dienone is 1. The van der Waals surface area contributed by atoms with Crippen LogP contribution in [0.3, 0.4) is 0 Å². The molecule has 0 fully saturated rings. The van der Waals surface area contributed by atoms with Gasteiger partial charge in [0.05, 0.1) is 7.11 Å². The van der Waals surface area contributed by atoms with Crippen molar-refractivity contribution in [1.29, 1.82) is 0 Å². The van der Waals surface area contributed by atoms with E-state index in [0.29, 0.717) is 0 Å². The summed E-state index contributed by atoms with van der Waals surface area (Å²) in [6, 6.07) is 8.46. The third-order valence-corrected chi connectivity index (χ3v) is 2.90. The van der Waals surface area contributed by atoms with Crippen LogP contribution in [-0.2, 0) is 6.42 Å². The molecule has 0 heterocycles. The van der Waals surface area contributed by atoms with E-state index in [1.54, 1.807) is 7.11 Å². The summed E-state index contributed by atoms with van der Waals surface area (Å²) in [5.41, 5.74) is 8.59. The fourth-order valence-corrected chi connectivity index (χ4v) is 1.72. The SMILES string of the molecule is C=C(C)CCC(N)CCc1ccc(OC)cc1. The van der Waals surface area contributed by atoms with Crippen LogP contribution >= 0.6 is 0 Å². The Kier molecular flexibility index (Phi) is 5.78. The first-order valence-electron chi connectivity index (χ1n) is 6.14. The smallest absolute Gasteiger partial charge is 0.118 e. The van der Waals surface area contributed by atoms with E-state index >= 15 is 0 Å². The quantitative estimate of drug-likeness (QED) is 0.733. The Morgan fingerprint density at radius 1 is 1.29 bits per heavy atom. The fourth-order valence-electron chi connectivity index (χ4n) is 1.72. The van der Waals surface area contributed by atoms with Crippen LogP contribution in [-0.4, -0.2) is 13.2 Å². The third kappa shape index (κ3) is 5.55. The van der Waals surface area contributed by atoms with E-state index < -0.39 is 0 Å². The van der Waals surface area contributed by atoms with Crippen LogP contribution in [0.2, 0.25) is 0 Å². The molecule has 1 atom stereocenters. The summed E-state index contributed by atoms with van der Waals surface area (Å²) in [4.78, 5) is 0. The van der Waals surface area contributed by atoms with E-state index in [1.165, 1.54) is 11.1 Å². The van der Waals surface area contributed by atoms with Crippen molar-refractivity contribution < 1.29 is 4.74 Å². The Balaban J connectivity index is 2.31. The molecule has 1 unspecified atom stereocenters. The molecule has 0 aliphatic rings. The minimum absolute atomic E-state index is 0.272. The van der Waals surface area contributed by atoms with Gasteiger partial charge in [0.25, 0.3) is 0 Å². The molecule has 0 aliphatic heterocycles. The number of aryl methyl sites for hydroxylation is 1. The number of rotatable bonds is 7. The lowest BCUT2D eigenvalue weighted by atomic mass is 10.0. The Labute approximate surface area is 104 Å². The van der Waals surface area contributed by atoms with E-state index in [1.807, 2.05) is 12.1 Å². The zero-order chi connectivity index (χ0) is 12.7. The Hall–Kier alpha value is -1.28. The van der Waals surface area contributed by atoms with E-state index in [-0.39, 0.29) is 6.04 Å². The van der Waals surface area contributed by atoms with Crippen LogP contribution in [0.5, 0.6) is 5.75 Å². The third-order valence-electron chi connectivity index (χ3n) is 2.90. The van der Waals surface area contributed by atoms with Crippen molar-refractivity contribution in [2.75, 3.05) is 7.11 Å². The van der Waals surface area contributed by atoms with Gasteiger partial charge in [-0.2, -0.15) is 0 Å². The second kappa shape index (κ2) is 7.13. The van der Waals surface area contributed by atoms with E-state index in [0.717, 1.165) is 31.4 Å². The summed E-state index contributed by atoms with van der Waals surface area (Å²) in [7, 11) is 1.68. The predicted molar refractivity (Wildman–Crippen MR) is 73.3 cm³/mol. The van der Waals surface area contributed by atoms with Gasteiger partial charge in [-0.05, 0) is 50.3 Å². The minimum Gasteiger partial charge on any atom is -0.497 e. The molecule has 0 aliphatic carbocycles. The molecule has 0 aromatic heterocycles. The van der Waals surface area contributed by atoms with Crippen LogP contribution in [0.1, 0.15) is 31.7 Å². The number of ether oxygens (including phenoxy) is 1. The molecule has 2 heteroatoms. The molecule has 0 radical (unpaired) electrons. The zero-order valence-corrected chi connectivity index (χ0v) is 10.9. The molecule has 94 valence electrons. The van der Waals surface area contributed by atoms with Gasteiger partial charge < -0.3 is 10.5 Å². The Morgan fingerprint density at radius 2 is 1.94 bits per heavy atom. The lowest BCUT2D eigenvalue weighted by molar-refractivity contribution is 0.414. The normalized spacial score (nSPS) is 12.2. The Morgan fingerprint density at radius 3 is 2.47 bits per heavy atom. The van der Waals surface area contributed by atoms with E-state index in [9.17, 15) is 0 Å². The molecule has 1 rings (SSSR count). The van der Waals surface area contributed by atoms with E-state index in [2.05, 4.69) is 25.6 Å². The second-order valence-corrected chi connectivity index (χ2v) is 4.64. The fraction of sp³-hybridized carbons (Fsp3) is 0.467. The first-order valence-corrected chi connectivity index (χ1v) is 6.14. The molecule has 0 bridgehead atoms. The maximum Gasteiger partial charge on any atom is 0.118 e. The maximum atomic E-state index is 6.06. The molecule has 2 N–H and O–H groups in total. The van der Waals surface area contributed by atoms with Gasteiger partial charge in [-0.25, -0.2) is 0 Å². The first-order chi connectivity index (χ1) is 8.11. The van der Waals surface area contributed by atoms with Crippen molar-refractivity contribution in [3.05, 3.63) is 42.0 Å². The van der Waals surface area contributed by atoms with Crippen molar-refractivity contribution in [3.8, 4) is 5.75 Å². The van der Waals surface area contributed by atoms with Crippen LogP contribution in [0, 0.1) is 0 Å². The van der Waals surface area contributed by atoms with Crippen LogP contribution < -0.4 is 10.5 Å². The molecule has 17 heavy (non-hydrogen) atoms. The van der Waals surface area contributed by atoms with E-state index in [4.69, 9.17) is 10.5 Å². The first kappa shape index (κ1) is 13.8. The summed E-state index contributed by atoms with van der Waals surface area (Å²) < 4.78 is 5.13. The lowest BCUT2D eigenvalue weighted by Crippen LogP contribution is -2.20. The largest absolute Gasteiger partial charge is 0.497 e. The van der Waals surface area contributed by atoms with Gasteiger partial charge in [0.15, 0.2) is 0 Å². The summed E-state index contributed by atoms with van der Waals surface area (Å²) in [6.45, 7) is 5.95. The molecule has 1 aromatic rings. The van der Waals surface area contributed by atoms with Gasteiger partial charge in [0, 0.05) is 6.04 Å². The highest BCUT2D eigenvalue weighted by Gasteiger charge is 2.03. The lowest BCUT2D eigenvalue weighted by Gasteiger charge is -2.11. The molecule has 2 nitrogen and oxygen atoms in total. The molecule has 0 saturated carbocycles. The molecule has 0 spiro atoms. The van der Waals surface area contributed by atoms with Gasteiger partial charge >= 0.3 is 0 Å². The maximum absolute atomic E-state index is 6.06. The van der Waals surface area contributed by atoms with Gasteiger partial charge in [-0.3, -0.25) is 0 Å². The summed E-state index contributed by atoms with van der Waals surface area (Å²) in [5.74, 6) is 0.903. The summed E-state index contributed by atoms with van der Waals surface area (Å²) in [6.07, 6.45) is 4.12. The second-order valence-electron chi connectivity index (χ2n) is 4.64.